The molecular weight excluding hydrogens is 1170 g/mol. The third kappa shape index (κ3) is 64.6. The third-order valence-electron chi connectivity index (χ3n) is 16.2. The van der Waals surface area contributed by atoms with Crippen LogP contribution in [0.25, 0.3) is 0 Å². The van der Waals surface area contributed by atoms with Crippen LogP contribution >= 0.6 is 15.6 Å². The highest BCUT2D eigenvalue weighted by atomic mass is 31.2. The maximum atomic E-state index is 13.0. The summed E-state index contributed by atoms with van der Waals surface area (Å²) in [5.41, 5.74) is 0. The van der Waals surface area contributed by atoms with Crippen LogP contribution in [0.1, 0.15) is 356 Å². The lowest BCUT2D eigenvalue weighted by atomic mass is 10.0. The van der Waals surface area contributed by atoms with Crippen LogP contribution in [0.15, 0.2) is 0 Å². The van der Waals surface area contributed by atoms with Gasteiger partial charge in [0.2, 0.25) is 0 Å². The molecule has 0 aromatic heterocycles. The number of phosphoric ester groups is 2. The van der Waals surface area contributed by atoms with Gasteiger partial charge in [0, 0.05) is 25.7 Å². The second-order valence-electron chi connectivity index (χ2n) is 26.2. The third-order valence-corrected chi connectivity index (χ3v) is 18.1. The Balaban J connectivity index is 5.24. The van der Waals surface area contributed by atoms with E-state index >= 15 is 0 Å². The lowest BCUT2D eigenvalue weighted by molar-refractivity contribution is -0.161. The van der Waals surface area contributed by atoms with Gasteiger partial charge in [-0.05, 0) is 37.5 Å². The van der Waals surface area contributed by atoms with E-state index in [-0.39, 0.29) is 25.7 Å². The number of esters is 4. The highest BCUT2D eigenvalue weighted by Crippen LogP contribution is 2.45. The van der Waals surface area contributed by atoms with Crippen molar-refractivity contribution in [3.05, 3.63) is 0 Å². The largest absolute Gasteiger partial charge is 0.472 e. The van der Waals surface area contributed by atoms with E-state index in [0.717, 1.165) is 102 Å². The van der Waals surface area contributed by atoms with Crippen LogP contribution in [0, 0.1) is 11.8 Å². The summed E-state index contributed by atoms with van der Waals surface area (Å²) in [6.45, 7) is 9.51. The average Bonchev–Trinajstić information content (AvgIpc) is 3.71. The van der Waals surface area contributed by atoms with Crippen molar-refractivity contribution in [3.63, 3.8) is 0 Å². The molecule has 0 saturated heterocycles. The van der Waals surface area contributed by atoms with Crippen LogP contribution in [0.5, 0.6) is 0 Å². The zero-order valence-corrected chi connectivity index (χ0v) is 59.5. The predicted molar refractivity (Wildman–Crippen MR) is 358 cm³/mol. The summed E-state index contributed by atoms with van der Waals surface area (Å²) in [5, 5.41) is 10.6. The van der Waals surface area contributed by atoms with Crippen molar-refractivity contribution in [2.24, 2.45) is 11.8 Å². The van der Waals surface area contributed by atoms with E-state index in [1.165, 1.54) is 167 Å². The summed E-state index contributed by atoms with van der Waals surface area (Å²) in [7, 11) is -9.90. The Labute approximate surface area is 543 Å². The fourth-order valence-electron chi connectivity index (χ4n) is 10.6. The molecule has 5 atom stereocenters. The first-order valence-electron chi connectivity index (χ1n) is 36.5. The van der Waals surface area contributed by atoms with E-state index in [1.54, 1.807) is 0 Å². The Morgan fingerprint density at radius 2 is 0.517 bits per heavy atom. The molecule has 17 nitrogen and oxygen atoms in total. The van der Waals surface area contributed by atoms with Gasteiger partial charge >= 0.3 is 39.5 Å². The molecule has 0 aliphatic carbocycles. The molecule has 0 amide bonds. The normalized spacial score (nSPS) is 14.1. The molecule has 2 unspecified atom stereocenters. The van der Waals surface area contributed by atoms with E-state index in [2.05, 4.69) is 41.5 Å². The number of phosphoric acid groups is 2. The quantitative estimate of drug-likeness (QED) is 0.0222. The molecule has 0 bridgehead atoms. The summed E-state index contributed by atoms with van der Waals surface area (Å²) in [6.07, 6.45) is 47.1. The average molecular weight is 1310 g/mol. The minimum absolute atomic E-state index is 0.106. The van der Waals surface area contributed by atoms with Crippen molar-refractivity contribution in [1.29, 1.82) is 0 Å². The zero-order valence-electron chi connectivity index (χ0n) is 57.7. The van der Waals surface area contributed by atoms with Crippen LogP contribution in [0.2, 0.25) is 0 Å². The minimum Gasteiger partial charge on any atom is -0.462 e. The molecule has 3 N–H and O–H groups in total. The number of hydrogen-bond acceptors (Lipinski definition) is 15. The van der Waals surface area contributed by atoms with Gasteiger partial charge in [-0.25, -0.2) is 9.13 Å². The van der Waals surface area contributed by atoms with Gasteiger partial charge in [0.15, 0.2) is 12.2 Å². The molecule has 0 saturated carbocycles. The van der Waals surface area contributed by atoms with Crippen molar-refractivity contribution >= 4 is 39.5 Å². The SMILES string of the molecule is CCCCCCCCCCCCCCC(=O)OC[C@H](COP(=O)(O)OC[C@@H](O)COP(=O)(O)OC[C@@H](COC(=O)CCCCCCCCCC(C)C)OC(=O)CCCCCCCCCCCCC)OC(=O)CCCCCCCCCCCCCCCC(C)C. The Kier molecular flexibility index (Phi) is 60.8. The number of hydrogen-bond donors (Lipinski definition) is 3. The molecule has 0 aliphatic rings. The maximum Gasteiger partial charge on any atom is 0.472 e. The minimum atomic E-state index is -4.95. The van der Waals surface area contributed by atoms with Gasteiger partial charge in [0.25, 0.3) is 0 Å². The summed E-state index contributed by atoms with van der Waals surface area (Å²) < 4.78 is 68.3. The van der Waals surface area contributed by atoms with Gasteiger partial charge in [-0.3, -0.25) is 37.3 Å². The van der Waals surface area contributed by atoms with E-state index < -0.39 is 97.5 Å². The number of unbranched alkanes of at least 4 members (excludes halogenated alkanes) is 39. The molecule has 0 spiro atoms. The van der Waals surface area contributed by atoms with Gasteiger partial charge < -0.3 is 33.8 Å². The smallest absolute Gasteiger partial charge is 0.462 e. The Hall–Kier alpha value is -1.94. The molecule has 89 heavy (non-hydrogen) atoms. The summed E-state index contributed by atoms with van der Waals surface area (Å²) >= 11 is 0. The second-order valence-corrected chi connectivity index (χ2v) is 29.1. The standard InChI is InChI=1S/C70H136O17P2/c1-7-9-11-13-15-17-19-25-28-34-40-46-52-67(72)80-58-65(86-70(75)55-49-43-36-30-26-22-20-21-24-27-32-38-44-50-62(3)4)60-84-88(76,77)82-56-64(71)57-83-89(78,79)85-61-66(59-81-68(73)53-47-41-37-31-33-39-45-51-63(5)6)87-69(74)54-48-42-35-29-23-18-16-14-12-10-8-2/h62-66,71H,7-61H2,1-6H3,(H,76,77)(H,78,79)/t64-,65-,66-/m1/s1. The molecule has 0 aromatic rings. The number of carbonyl (C=O) groups is 4. The lowest BCUT2D eigenvalue weighted by Crippen LogP contribution is -2.30. The molecule has 0 rings (SSSR count). The predicted octanol–water partition coefficient (Wildman–Crippen LogP) is 20.0. The molecular formula is C70H136O17P2. The maximum absolute atomic E-state index is 13.0. The van der Waals surface area contributed by atoms with E-state index in [4.69, 9.17) is 37.0 Å². The van der Waals surface area contributed by atoms with Crippen molar-refractivity contribution in [2.75, 3.05) is 39.6 Å². The number of ether oxygens (including phenoxy) is 4. The van der Waals surface area contributed by atoms with Gasteiger partial charge in [-0.1, -0.05) is 305 Å². The van der Waals surface area contributed by atoms with Crippen LogP contribution < -0.4 is 0 Å². The van der Waals surface area contributed by atoms with Crippen molar-refractivity contribution in [3.8, 4) is 0 Å². The highest BCUT2D eigenvalue weighted by Gasteiger charge is 2.30. The van der Waals surface area contributed by atoms with Crippen LogP contribution in [-0.4, -0.2) is 96.7 Å². The summed E-state index contributed by atoms with van der Waals surface area (Å²) in [4.78, 5) is 72.5. The van der Waals surface area contributed by atoms with Gasteiger partial charge in [0.1, 0.15) is 19.3 Å². The second kappa shape index (κ2) is 62.2. The molecule has 0 aromatic carbocycles. The molecule has 0 aliphatic heterocycles. The first-order valence-corrected chi connectivity index (χ1v) is 39.5. The van der Waals surface area contributed by atoms with E-state index in [0.29, 0.717) is 31.6 Å². The number of aliphatic hydroxyl groups excluding tert-OH is 1. The monoisotopic (exact) mass is 1310 g/mol. The molecule has 0 radical (unpaired) electrons. The fraction of sp³-hybridized carbons (Fsp3) is 0.943. The van der Waals surface area contributed by atoms with Crippen LogP contribution in [0.3, 0.4) is 0 Å². The topological polar surface area (TPSA) is 237 Å². The van der Waals surface area contributed by atoms with Gasteiger partial charge in [-0.2, -0.15) is 0 Å². The number of aliphatic hydroxyl groups is 1. The lowest BCUT2D eigenvalue weighted by Gasteiger charge is -2.21. The highest BCUT2D eigenvalue weighted by molar-refractivity contribution is 7.47. The summed E-state index contributed by atoms with van der Waals surface area (Å²) in [6, 6.07) is 0. The number of rotatable bonds is 69. The van der Waals surface area contributed by atoms with E-state index in [1.807, 2.05) is 0 Å². The van der Waals surface area contributed by atoms with Crippen molar-refractivity contribution in [1.82, 2.24) is 0 Å². The van der Waals surface area contributed by atoms with Gasteiger partial charge in [0.05, 0.1) is 26.4 Å². The Bertz CT molecular complexity index is 1730. The first-order chi connectivity index (χ1) is 42.9. The zero-order chi connectivity index (χ0) is 65.7. The molecule has 19 heteroatoms. The molecule has 0 heterocycles. The van der Waals surface area contributed by atoms with Gasteiger partial charge in [-0.15, -0.1) is 0 Å². The first kappa shape index (κ1) is 87.1. The molecule has 0 fully saturated rings. The van der Waals surface area contributed by atoms with E-state index in [9.17, 15) is 43.2 Å². The van der Waals surface area contributed by atoms with Crippen molar-refractivity contribution < 1.29 is 80.2 Å². The Morgan fingerprint density at radius 1 is 0.303 bits per heavy atom. The van der Waals surface area contributed by atoms with Crippen LogP contribution in [0.4, 0.5) is 0 Å². The van der Waals surface area contributed by atoms with Crippen LogP contribution in [-0.2, 0) is 65.4 Å². The molecule has 528 valence electrons. The summed E-state index contributed by atoms with van der Waals surface area (Å²) in [5.74, 6) is -0.631. The number of carbonyl (C=O) groups excluding carboxylic acids is 4. The Morgan fingerprint density at radius 3 is 0.764 bits per heavy atom. The fourth-order valence-corrected chi connectivity index (χ4v) is 12.2. The van der Waals surface area contributed by atoms with Crippen molar-refractivity contribution in [2.45, 2.75) is 374 Å².